The van der Waals surface area contributed by atoms with Gasteiger partial charge in [0, 0.05) is 25.8 Å². The minimum atomic E-state index is 0. The lowest BCUT2D eigenvalue weighted by atomic mass is 10.0. The largest absolute Gasteiger partial charge is 0.356 e. The van der Waals surface area contributed by atoms with Gasteiger partial charge < -0.3 is 10.2 Å². The Bertz CT molecular complexity index is 699. The quantitative estimate of drug-likeness (QED) is 0.455. The number of nitrogens with zero attached hydrogens (tertiary/aromatic N) is 3. The molecule has 0 saturated heterocycles. The minimum Gasteiger partial charge on any atom is -0.356 e. The fourth-order valence-electron chi connectivity index (χ4n) is 2.94. The fraction of sp³-hybridized carbons (Fsp3) is 0.368. The first-order chi connectivity index (χ1) is 11.3. The van der Waals surface area contributed by atoms with Crippen molar-refractivity contribution in [1.29, 1.82) is 0 Å². The van der Waals surface area contributed by atoms with E-state index in [9.17, 15) is 0 Å². The van der Waals surface area contributed by atoms with Crippen LogP contribution in [0.25, 0.3) is 0 Å². The van der Waals surface area contributed by atoms with Gasteiger partial charge in [-0.1, -0.05) is 30.3 Å². The summed E-state index contributed by atoms with van der Waals surface area (Å²) < 4.78 is 0. The maximum absolute atomic E-state index is 4.81. The summed E-state index contributed by atoms with van der Waals surface area (Å²) in [5.41, 5.74) is 5.09. The Balaban J connectivity index is 0.00000208. The summed E-state index contributed by atoms with van der Waals surface area (Å²) in [6, 6.07) is 12.7. The molecule has 4 nitrogen and oxygen atoms in total. The number of aryl methyl sites for hydroxylation is 1. The van der Waals surface area contributed by atoms with E-state index in [-0.39, 0.29) is 24.0 Å². The van der Waals surface area contributed by atoms with Crippen LogP contribution in [0.2, 0.25) is 0 Å². The van der Waals surface area contributed by atoms with Crippen LogP contribution >= 0.6 is 24.0 Å². The second-order valence-electron chi connectivity index (χ2n) is 5.88. The molecule has 24 heavy (non-hydrogen) atoms. The standard InChI is InChI=1S/C19H24N4.HI/c1-3-20-19(22-13-18-15(2)7-6-11-21-18)23-12-10-16-8-4-5-9-17(16)14-23;/h4-9,11H,3,10,12-14H2,1-2H3,(H,20,22);1H. The summed E-state index contributed by atoms with van der Waals surface area (Å²) in [4.78, 5) is 11.6. The van der Waals surface area contributed by atoms with Crippen LogP contribution in [0.4, 0.5) is 0 Å². The second-order valence-corrected chi connectivity index (χ2v) is 5.88. The minimum absolute atomic E-state index is 0. The SMILES string of the molecule is CCNC(=NCc1ncccc1C)N1CCc2ccccc2C1.I. The molecule has 0 unspecified atom stereocenters. The first-order valence-electron chi connectivity index (χ1n) is 8.28. The van der Waals surface area contributed by atoms with E-state index in [1.54, 1.807) is 0 Å². The smallest absolute Gasteiger partial charge is 0.194 e. The van der Waals surface area contributed by atoms with Crippen LogP contribution in [-0.2, 0) is 19.5 Å². The molecule has 0 fully saturated rings. The maximum atomic E-state index is 4.81. The molecule has 0 spiro atoms. The molecule has 3 rings (SSSR count). The summed E-state index contributed by atoms with van der Waals surface area (Å²) in [5, 5.41) is 3.42. The van der Waals surface area contributed by atoms with E-state index < -0.39 is 0 Å². The van der Waals surface area contributed by atoms with Gasteiger partial charge in [0.1, 0.15) is 0 Å². The molecule has 1 aliphatic heterocycles. The van der Waals surface area contributed by atoms with Crippen LogP contribution in [-0.4, -0.2) is 28.9 Å². The molecule has 1 aromatic heterocycles. The number of guanidine groups is 1. The number of pyridine rings is 1. The number of hydrogen-bond acceptors (Lipinski definition) is 2. The number of halogens is 1. The number of aromatic nitrogens is 1. The third kappa shape index (κ3) is 4.47. The average molecular weight is 436 g/mol. The number of nitrogens with one attached hydrogen (secondary N) is 1. The van der Waals surface area contributed by atoms with Crippen LogP contribution in [0.5, 0.6) is 0 Å². The van der Waals surface area contributed by atoms with Gasteiger partial charge in [-0.15, -0.1) is 24.0 Å². The highest BCUT2D eigenvalue weighted by Crippen LogP contribution is 2.18. The highest BCUT2D eigenvalue weighted by Gasteiger charge is 2.18. The van der Waals surface area contributed by atoms with Crippen LogP contribution in [0.15, 0.2) is 47.6 Å². The predicted molar refractivity (Wildman–Crippen MR) is 110 cm³/mol. The van der Waals surface area contributed by atoms with Crippen LogP contribution < -0.4 is 5.32 Å². The lowest BCUT2D eigenvalue weighted by molar-refractivity contribution is 0.378. The van der Waals surface area contributed by atoms with Crippen molar-refractivity contribution in [2.45, 2.75) is 33.4 Å². The number of aliphatic imine (C=N–C) groups is 1. The number of fused-ring (bicyclic) bond motifs is 1. The molecular weight excluding hydrogens is 411 g/mol. The number of benzene rings is 1. The van der Waals surface area contributed by atoms with Crippen LogP contribution in [0, 0.1) is 6.92 Å². The lowest BCUT2D eigenvalue weighted by Gasteiger charge is -2.31. The first-order valence-corrected chi connectivity index (χ1v) is 8.28. The molecule has 5 heteroatoms. The Morgan fingerprint density at radius 1 is 1.21 bits per heavy atom. The molecule has 0 saturated carbocycles. The van der Waals surface area contributed by atoms with Gasteiger partial charge in [0.05, 0.1) is 12.2 Å². The van der Waals surface area contributed by atoms with Crippen molar-refractivity contribution < 1.29 is 0 Å². The van der Waals surface area contributed by atoms with E-state index >= 15 is 0 Å². The molecule has 1 N–H and O–H groups in total. The third-order valence-electron chi connectivity index (χ3n) is 4.26. The molecule has 0 radical (unpaired) electrons. The summed E-state index contributed by atoms with van der Waals surface area (Å²) in [6.45, 7) is 7.61. The Morgan fingerprint density at radius 2 is 2.00 bits per heavy atom. The average Bonchev–Trinajstić information content (AvgIpc) is 2.59. The van der Waals surface area contributed by atoms with E-state index in [1.165, 1.54) is 16.7 Å². The van der Waals surface area contributed by atoms with E-state index in [1.807, 2.05) is 12.3 Å². The van der Waals surface area contributed by atoms with Gasteiger partial charge in [0.15, 0.2) is 5.96 Å². The molecule has 2 aromatic rings. The van der Waals surface area contributed by atoms with Crippen LogP contribution in [0.3, 0.4) is 0 Å². The normalized spacial score (nSPS) is 13.9. The molecule has 0 atom stereocenters. The lowest BCUT2D eigenvalue weighted by Crippen LogP contribution is -2.44. The van der Waals surface area contributed by atoms with Gasteiger partial charge in [-0.3, -0.25) is 4.98 Å². The Kier molecular flexibility index (Phi) is 7.02. The zero-order valence-corrected chi connectivity index (χ0v) is 16.7. The van der Waals surface area contributed by atoms with Crippen molar-refractivity contribution in [3.05, 3.63) is 65.0 Å². The van der Waals surface area contributed by atoms with Crippen molar-refractivity contribution in [1.82, 2.24) is 15.2 Å². The molecule has 0 aliphatic carbocycles. The van der Waals surface area contributed by atoms with E-state index in [2.05, 4.69) is 59.4 Å². The van der Waals surface area contributed by atoms with Crippen molar-refractivity contribution >= 4 is 29.9 Å². The molecule has 1 aliphatic rings. The summed E-state index contributed by atoms with van der Waals surface area (Å²) in [6.07, 6.45) is 2.91. The van der Waals surface area contributed by atoms with E-state index in [0.29, 0.717) is 6.54 Å². The van der Waals surface area contributed by atoms with Gasteiger partial charge in [-0.25, -0.2) is 4.99 Å². The zero-order valence-electron chi connectivity index (χ0n) is 14.3. The van der Waals surface area contributed by atoms with Gasteiger partial charge in [-0.2, -0.15) is 0 Å². The highest BCUT2D eigenvalue weighted by atomic mass is 127. The number of hydrogen-bond donors (Lipinski definition) is 1. The Hall–Kier alpha value is -1.63. The fourth-order valence-corrected chi connectivity index (χ4v) is 2.94. The molecule has 0 bridgehead atoms. The van der Waals surface area contributed by atoms with E-state index in [4.69, 9.17) is 4.99 Å². The third-order valence-corrected chi connectivity index (χ3v) is 4.26. The highest BCUT2D eigenvalue weighted by molar-refractivity contribution is 14.0. The second kappa shape index (κ2) is 9.01. The van der Waals surface area contributed by atoms with Gasteiger partial charge >= 0.3 is 0 Å². The van der Waals surface area contributed by atoms with Crippen molar-refractivity contribution in [3.63, 3.8) is 0 Å². The van der Waals surface area contributed by atoms with Crippen molar-refractivity contribution in [2.24, 2.45) is 4.99 Å². The van der Waals surface area contributed by atoms with Crippen molar-refractivity contribution in [3.8, 4) is 0 Å². The summed E-state index contributed by atoms with van der Waals surface area (Å²) in [7, 11) is 0. The predicted octanol–water partition coefficient (Wildman–Crippen LogP) is 3.53. The topological polar surface area (TPSA) is 40.5 Å². The summed E-state index contributed by atoms with van der Waals surface area (Å²) in [5.74, 6) is 0.979. The molecular formula is C19H25IN4. The Labute approximate surface area is 161 Å². The molecule has 128 valence electrons. The van der Waals surface area contributed by atoms with Crippen LogP contribution in [0.1, 0.15) is 29.3 Å². The molecule has 0 amide bonds. The monoisotopic (exact) mass is 436 g/mol. The Morgan fingerprint density at radius 3 is 2.75 bits per heavy atom. The number of rotatable bonds is 3. The van der Waals surface area contributed by atoms with Gasteiger partial charge in [0.2, 0.25) is 0 Å². The maximum Gasteiger partial charge on any atom is 0.194 e. The van der Waals surface area contributed by atoms with E-state index in [0.717, 1.165) is 37.7 Å². The molecule has 2 heterocycles. The first kappa shape index (κ1) is 18.7. The molecule has 1 aromatic carbocycles. The van der Waals surface area contributed by atoms with Gasteiger partial charge in [-0.05, 0) is 43.0 Å². The zero-order chi connectivity index (χ0) is 16.1. The summed E-state index contributed by atoms with van der Waals surface area (Å²) >= 11 is 0. The van der Waals surface area contributed by atoms with Gasteiger partial charge in [0.25, 0.3) is 0 Å². The van der Waals surface area contributed by atoms with Crippen molar-refractivity contribution in [2.75, 3.05) is 13.1 Å².